The molecule has 0 bridgehead atoms. The molecule has 0 atom stereocenters. The Kier molecular flexibility index (Phi) is 6.51. The van der Waals surface area contributed by atoms with E-state index in [0.717, 1.165) is 17.4 Å². The molecule has 0 spiro atoms. The van der Waals surface area contributed by atoms with Gasteiger partial charge in [-0.2, -0.15) is 0 Å². The van der Waals surface area contributed by atoms with Crippen LogP contribution in [0.25, 0.3) is 0 Å². The van der Waals surface area contributed by atoms with Crippen molar-refractivity contribution in [1.82, 2.24) is 10.2 Å². The number of carbonyl (C=O) groups excluding carboxylic acids is 2. The Balaban J connectivity index is 1.75. The Morgan fingerprint density at radius 3 is 2.64 bits per heavy atom. The van der Waals surface area contributed by atoms with Crippen LogP contribution in [0.3, 0.4) is 0 Å². The zero-order valence-electron chi connectivity index (χ0n) is 14.3. The van der Waals surface area contributed by atoms with Gasteiger partial charge in [-0.3, -0.25) is 9.59 Å². The van der Waals surface area contributed by atoms with Crippen molar-refractivity contribution in [3.05, 3.63) is 65.5 Å². The van der Waals surface area contributed by atoms with Crippen molar-refractivity contribution in [1.29, 1.82) is 0 Å². The van der Waals surface area contributed by atoms with E-state index in [2.05, 4.69) is 5.32 Å². The van der Waals surface area contributed by atoms with Crippen molar-refractivity contribution in [2.45, 2.75) is 6.92 Å². The van der Waals surface area contributed by atoms with E-state index in [1.807, 2.05) is 31.2 Å². The number of halogens is 1. The minimum atomic E-state index is -0.496. The monoisotopic (exact) mass is 344 g/mol. The molecule has 0 heterocycles. The van der Waals surface area contributed by atoms with E-state index >= 15 is 0 Å². The molecule has 5 nitrogen and oxygen atoms in total. The van der Waals surface area contributed by atoms with E-state index in [9.17, 15) is 14.0 Å². The number of benzene rings is 2. The van der Waals surface area contributed by atoms with E-state index in [0.29, 0.717) is 13.2 Å². The molecule has 0 saturated carbocycles. The maximum Gasteiger partial charge on any atom is 0.251 e. The van der Waals surface area contributed by atoms with Crippen molar-refractivity contribution >= 4 is 11.8 Å². The highest BCUT2D eigenvalue weighted by molar-refractivity contribution is 5.96. The first-order chi connectivity index (χ1) is 12.0. The van der Waals surface area contributed by atoms with Crippen molar-refractivity contribution in [3.63, 3.8) is 0 Å². The molecule has 25 heavy (non-hydrogen) atoms. The molecule has 0 aromatic heterocycles. The van der Waals surface area contributed by atoms with Crippen molar-refractivity contribution in [2.24, 2.45) is 0 Å². The summed E-state index contributed by atoms with van der Waals surface area (Å²) < 4.78 is 18.7. The summed E-state index contributed by atoms with van der Waals surface area (Å²) in [6, 6.07) is 13.0. The van der Waals surface area contributed by atoms with Gasteiger partial charge in [-0.15, -0.1) is 0 Å². The van der Waals surface area contributed by atoms with Crippen LogP contribution in [-0.2, 0) is 4.79 Å². The Labute approximate surface area is 146 Å². The van der Waals surface area contributed by atoms with E-state index in [4.69, 9.17) is 4.74 Å². The zero-order chi connectivity index (χ0) is 18.2. The summed E-state index contributed by atoms with van der Waals surface area (Å²) in [5.41, 5.74) is 1.21. The lowest BCUT2D eigenvalue weighted by molar-refractivity contribution is -0.129. The lowest BCUT2D eigenvalue weighted by atomic mass is 10.2. The molecule has 2 aromatic carbocycles. The molecule has 2 rings (SSSR count). The predicted molar refractivity (Wildman–Crippen MR) is 93.0 cm³/mol. The minimum Gasteiger partial charge on any atom is -0.491 e. The molecular formula is C19H21FN2O3. The van der Waals surface area contributed by atoms with Gasteiger partial charge in [0.2, 0.25) is 5.91 Å². The summed E-state index contributed by atoms with van der Waals surface area (Å²) in [6.07, 6.45) is 0. The molecule has 2 aromatic rings. The van der Waals surface area contributed by atoms with Gasteiger partial charge in [-0.05, 0) is 36.8 Å². The minimum absolute atomic E-state index is 0.157. The van der Waals surface area contributed by atoms with Crippen LogP contribution < -0.4 is 10.1 Å². The molecule has 6 heteroatoms. The summed E-state index contributed by atoms with van der Waals surface area (Å²) in [4.78, 5) is 25.4. The maximum atomic E-state index is 13.1. The van der Waals surface area contributed by atoms with Gasteiger partial charge in [-0.1, -0.05) is 24.3 Å². The Morgan fingerprint density at radius 1 is 1.16 bits per heavy atom. The maximum absolute atomic E-state index is 13.1. The first kappa shape index (κ1) is 18.4. The van der Waals surface area contributed by atoms with E-state index in [-0.39, 0.29) is 18.0 Å². The fourth-order valence-corrected chi connectivity index (χ4v) is 2.16. The number of nitrogens with zero attached hydrogens (tertiary/aromatic N) is 1. The summed E-state index contributed by atoms with van der Waals surface area (Å²) in [7, 11) is 1.64. The van der Waals surface area contributed by atoms with Crippen LogP contribution in [0, 0.1) is 12.7 Å². The highest BCUT2D eigenvalue weighted by Gasteiger charge is 2.12. The number of likely N-dealkylation sites (N-methyl/N-ethyl adjacent to an activating group) is 1. The van der Waals surface area contributed by atoms with E-state index in [1.54, 1.807) is 7.05 Å². The molecular weight excluding hydrogens is 323 g/mol. The van der Waals surface area contributed by atoms with Gasteiger partial charge >= 0.3 is 0 Å². The average molecular weight is 344 g/mol. The standard InChI is InChI=1S/C19H21FN2O3/c1-14-6-3-4-9-17(14)25-11-10-22(2)18(23)13-21-19(24)15-7-5-8-16(20)12-15/h3-9,12H,10-11,13H2,1-2H3,(H,21,24). The quantitative estimate of drug-likeness (QED) is 0.839. The van der Waals surface area contributed by atoms with Gasteiger partial charge in [0.1, 0.15) is 18.2 Å². The van der Waals surface area contributed by atoms with Crippen LogP contribution in [0.1, 0.15) is 15.9 Å². The molecule has 132 valence electrons. The number of hydrogen-bond acceptors (Lipinski definition) is 3. The molecule has 1 N–H and O–H groups in total. The largest absolute Gasteiger partial charge is 0.491 e. The fourth-order valence-electron chi connectivity index (χ4n) is 2.16. The van der Waals surface area contributed by atoms with Gasteiger partial charge in [0.15, 0.2) is 0 Å². The average Bonchev–Trinajstić information content (AvgIpc) is 2.60. The summed E-state index contributed by atoms with van der Waals surface area (Å²) in [5, 5.41) is 2.49. The second-order valence-corrected chi connectivity index (χ2v) is 5.62. The van der Waals surface area contributed by atoms with Crippen LogP contribution >= 0.6 is 0 Å². The van der Waals surface area contributed by atoms with Crippen LogP contribution in [0.4, 0.5) is 4.39 Å². The van der Waals surface area contributed by atoms with Crippen molar-refractivity contribution in [3.8, 4) is 5.75 Å². The number of ether oxygens (including phenoxy) is 1. The molecule has 0 aliphatic rings. The highest BCUT2D eigenvalue weighted by atomic mass is 19.1. The Bertz CT molecular complexity index is 749. The highest BCUT2D eigenvalue weighted by Crippen LogP contribution is 2.15. The van der Waals surface area contributed by atoms with Crippen LogP contribution in [0.2, 0.25) is 0 Å². The summed E-state index contributed by atoms with van der Waals surface area (Å²) >= 11 is 0. The molecule has 0 aliphatic heterocycles. The van der Waals surface area contributed by atoms with Crippen LogP contribution in [-0.4, -0.2) is 43.5 Å². The first-order valence-corrected chi connectivity index (χ1v) is 7.93. The van der Waals surface area contributed by atoms with Gasteiger partial charge in [0, 0.05) is 12.6 Å². The number of hydrogen-bond donors (Lipinski definition) is 1. The van der Waals surface area contributed by atoms with Gasteiger partial charge in [-0.25, -0.2) is 4.39 Å². The van der Waals surface area contributed by atoms with Crippen molar-refractivity contribution < 1.29 is 18.7 Å². The lowest BCUT2D eigenvalue weighted by Gasteiger charge is -2.18. The van der Waals surface area contributed by atoms with Crippen molar-refractivity contribution in [2.75, 3.05) is 26.7 Å². The molecule has 0 unspecified atom stereocenters. The number of aryl methyl sites for hydroxylation is 1. The van der Waals surface area contributed by atoms with Gasteiger partial charge in [0.25, 0.3) is 5.91 Å². The van der Waals surface area contributed by atoms with E-state index in [1.165, 1.54) is 23.1 Å². The Hall–Kier alpha value is -2.89. The Morgan fingerprint density at radius 2 is 1.92 bits per heavy atom. The number of amides is 2. The third kappa shape index (κ3) is 5.60. The number of nitrogens with one attached hydrogen (secondary N) is 1. The second-order valence-electron chi connectivity index (χ2n) is 5.62. The fraction of sp³-hybridized carbons (Fsp3) is 0.263. The first-order valence-electron chi connectivity index (χ1n) is 7.93. The SMILES string of the molecule is Cc1ccccc1OCCN(C)C(=O)CNC(=O)c1cccc(F)c1. The topological polar surface area (TPSA) is 58.6 Å². The molecule has 0 radical (unpaired) electrons. The molecule has 0 aliphatic carbocycles. The number of carbonyl (C=O) groups is 2. The molecule has 0 saturated heterocycles. The van der Waals surface area contributed by atoms with E-state index < -0.39 is 11.7 Å². The van der Waals surface area contributed by atoms with Gasteiger partial charge < -0.3 is 15.0 Å². The summed E-state index contributed by atoms with van der Waals surface area (Å²) in [6.45, 7) is 2.54. The summed E-state index contributed by atoms with van der Waals surface area (Å²) in [5.74, 6) is -0.456. The predicted octanol–water partition coefficient (Wildman–Crippen LogP) is 2.40. The molecule has 0 fully saturated rings. The smallest absolute Gasteiger partial charge is 0.251 e. The van der Waals surface area contributed by atoms with Gasteiger partial charge in [0.05, 0.1) is 13.1 Å². The number of rotatable bonds is 7. The molecule has 2 amide bonds. The zero-order valence-corrected chi connectivity index (χ0v) is 14.3. The van der Waals surface area contributed by atoms with Crippen LogP contribution in [0.5, 0.6) is 5.75 Å². The number of para-hydroxylation sites is 1. The second kappa shape index (κ2) is 8.82. The third-order valence-corrected chi connectivity index (χ3v) is 3.69. The normalized spacial score (nSPS) is 10.2. The van der Waals surface area contributed by atoms with Crippen LogP contribution in [0.15, 0.2) is 48.5 Å². The lowest BCUT2D eigenvalue weighted by Crippen LogP contribution is -2.39. The third-order valence-electron chi connectivity index (χ3n) is 3.69.